The smallest absolute Gasteiger partial charge is 0.257 e. The standard InChI is InChI=1S/C30H24ClFN2O2S/c31-25-14-8-7-13-24(25)29(36)34-26(19-37-30(34)22-15-17-23(32)18-16-22)28(35)33-27(20-9-3-1-4-10-20)21-11-5-2-6-12-21/h1-18,26-27,30H,19H2,(H,33,35). The number of amides is 2. The fourth-order valence-corrected chi connectivity index (χ4v) is 6.15. The second-order valence-electron chi connectivity index (χ2n) is 8.71. The molecule has 4 aromatic rings. The first-order valence-corrected chi connectivity index (χ1v) is 13.3. The third kappa shape index (κ3) is 5.41. The van der Waals surface area contributed by atoms with E-state index < -0.39 is 11.4 Å². The van der Waals surface area contributed by atoms with Crippen LogP contribution in [0.2, 0.25) is 5.02 Å². The van der Waals surface area contributed by atoms with Gasteiger partial charge in [-0.25, -0.2) is 4.39 Å². The number of hydrogen-bond donors (Lipinski definition) is 1. The first kappa shape index (κ1) is 25.1. The van der Waals surface area contributed by atoms with E-state index in [0.29, 0.717) is 16.3 Å². The normalized spacial score (nSPS) is 17.1. The Morgan fingerprint density at radius 3 is 2.00 bits per heavy atom. The summed E-state index contributed by atoms with van der Waals surface area (Å²) in [6, 6.07) is 31.1. The number of benzene rings is 4. The lowest BCUT2D eigenvalue weighted by Gasteiger charge is -2.31. The molecule has 0 aliphatic carbocycles. The Labute approximate surface area is 224 Å². The van der Waals surface area contributed by atoms with Crippen molar-refractivity contribution in [2.45, 2.75) is 17.5 Å². The molecule has 1 saturated heterocycles. The van der Waals surface area contributed by atoms with Crippen molar-refractivity contribution in [3.8, 4) is 0 Å². The van der Waals surface area contributed by atoms with Crippen molar-refractivity contribution in [1.82, 2.24) is 10.2 Å². The van der Waals surface area contributed by atoms with Gasteiger partial charge in [-0.3, -0.25) is 9.59 Å². The first-order valence-electron chi connectivity index (χ1n) is 11.9. The molecule has 1 aliphatic rings. The quantitative estimate of drug-likeness (QED) is 0.304. The zero-order valence-corrected chi connectivity index (χ0v) is 21.3. The lowest BCUT2D eigenvalue weighted by Crippen LogP contribution is -2.49. The van der Waals surface area contributed by atoms with Crippen molar-refractivity contribution in [2.75, 3.05) is 5.75 Å². The summed E-state index contributed by atoms with van der Waals surface area (Å²) in [6.45, 7) is 0. The Kier molecular flexibility index (Phi) is 7.58. The van der Waals surface area contributed by atoms with Gasteiger partial charge in [0.15, 0.2) is 0 Å². The van der Waals surface area contributed by atoms with Gasteiger partial charge in [0.1, 0.15) is 17.2 Å². The molecule has 0 radical (unpaired) electrons. The largest absolute Gasteiger partial charge is 0.343 e. The van der Waals surface area contributed by atoms with Crippen LogP contribution < -0.4 is 5.32 Å². The molecule has 1 fully saturated rings. The van der Waals surface area contributed by atoms with Gasteiger partial charge in [-0.05, 0) is 41.0 Å². The van der Waals surface area contributed by atoms with Crippen LogP contribution in [0.25, 0.3) is 0 Å². The first-order chi connectivity index (χ1) is 18.0. The predicted octanol–water partition coefficient (Wildman–Crippen LogP) is 6.64. The van der Waals surface area contributed by atoms with Crippen molar-refractivity contribution >= 4 is 35.2 Å². The van der Waals surface area contributed by atoms with Crippen LogP contribution in [-0.4, -0.2) is 28.5 Å². The van der Waals surface area contributed by atoms with Gasteiger partial charge >= 0.3 is 0 Å². The zero-order valence-electron chi connectivity index (χ0n) is 19.8. The van der Waals surface area contributed by atoms with Crippen LogP contribution in [0.3, 0.4) is 0 Å². The monoisotopic (exact) mass is 530 g/mol. The lowest BCUT2D eigenvalue weighted by molar-refractivity contribution is -0.125. The average molecular weight is 531 g/mol. The van der Waals surface area contributed by atoms with Gasteiger partial charge in [-0.2, -0.15) is 0 Å². The van der Waals surface area contributed by atoms with Gasteiger partial charge in [-0.15, -0.1) is 11.8 Å². The number of nitrogens with one attached hydrogen (secondary N) is 1. The molecule has 0 saturated carbocycles. The highest BCUT2D eigenvalue weighted by atomic mass is 35.5. The predicted molar refractivity (Wildman–Crippen MR) is 146 cm³/mol. The molecular formula is C30H24ClFN2O2S. The number of rotatable bonds is 6. The highest BCUT2D eigenvalue weighted by molar-refractivity contribution is 7.99. The van der Waals surface area contributed by atoms with E-state index in [9.17, 15) is 14.0 Å². The van der Waals surface area contributed by atoms with Gasteiger partial charge in [0, 0.05) is 5.75 Å². The second kappa shape index (κ2) is 11.2. The van der Waals surface area contributed by atoms with E-state index >= 15 is 0 Å². The number of carbonyl (C=O) groups excluding carboxylic acids is 2. The van der Waals surface area contributed by atoms with E-state index in [1.165, 1.54) is 23.9 Å². The number of halogens is 2. The summed E-state index contributed by atoms with van der Waals surface area (Å²) in [4.78, 5) is 29.3. The van der Waals surface area contributed by atoms with Crippen molar-refractivity contribution in [2.24, 2.45) is 0 Å². The highest BCUT2D eigenvalue weighted by Gasteiger charge is 2.43. The summed E-state index contributed by atoms with van der Waals surface area (Å²) in [5.41, 5.74) is 2.93. The molecular weight excluding hydrogens is 507 g/mol. The topological polar surface area (TPSA) is 49.4 Å². The Bertz CT molecular complexity index is 1350. The van der Waals surface area contributed by atoms with Crippen molar-refractivity contribution in [1.29, 1.82) is 0 Å². The summed E-state index contributed by atoms with van der Waals surface area (Å²) >= 11 is 7.85. The molecule has 5 rings (SSSR count). The molecule has 1 N–H and O–H groups in total. The molecule has 0 bridgehead atoms. The molecule has 1 aliphatic heterocycles. The zero-order chi connectivity index (χ0) is 25.8. The number of nitrogens with zero attached hydrogens (tertiary/aromatic N) is 1. The third-order valence-corrected chi connectivity index (χ3v) is 8.00. The molecule has 4 nitrogen and oxygen atoms in total. The minimum Gasteiger partial charge on any atom is -0.343 e. The Morgan fingerprint density at radius 1 is 0.838 bits per heavy atom. The minimum absolute atomic E-state index is 0.268. The summed E-state index contributed by atoms with van der Waals surface area (Å²) in [5.74, 6) is -0.588. The van der Waals surface area contributed by atoms with E-state index in [4.69, 9.17) is 11.6 Å². The van der Waals surface area contributed by atoms with Crippen molar-refractivity contribution in [3.05, 3.63) is 142 Å². The molecule has 7 heteroatoms. The molecule has 0 spiro atoms. The van der Waals surface area contributed by atoms with Crippen LogP contribution in [0.1, 0.15) is 38.5 Å². The van der Waals surface area contributed by atoms with Crippen LogP contribution in [0.15, 0.2) is 109 Å². The van der Waals surface area contributed by atoms with Crippen LogP contribution in [-0.2, 0) is 4.79 Å². The fourth-order valence-electron chi connectivity index (χ4n) is 4.50. The maximum atomic E-state index is 13.9. The molecule has 0 aromatic heterocycles. The molecule has 37 heavy (non-hydrogen) atoms. The molecule has 186 valence electrons. The van der Waals surface area contributed by atoms with E-state index in [2.05, 4.69) is 5.32 Å². The van der Waals surface area contributed by atoms with Gasteiger partial charge in [0.2, 0.25) is 5.91 Å². The van der Waals surface area contributed by atoms with Crippen LogP contribution in [0.5, 0.6) is 0 Å². The van der Waals surface area contributed by atoms with Crippen LogP contribution >= 0.6 is 23.4 Å². The highest BCUT2D eigenvalue weighted by Crippen LogP contribution is 2.43. The van der Waals surface area contributed by atoms with Crippen LogP contribution in [0.4, 0.5) is 4.39 Å². The second-order valence-corrected chi connectivity index (χ2v) is 10.2. The molecule has 2 amide bonds. The molecule has 4 aromatic carbocycles. The summed E-state index contributed by atoms with van der Waals surface area (Å²) < 4.78 is 13.6. The fraction of sp³-hybridized carbons (Fsp3) is 0.133. The Morgan fingerprint density at radius 2 is 1.41 bits per heavy atom. The van der Waals surface area contributed by atoms with Gasteiger partial charge in [0.05, 0.1) is 16.6 Å². The minimum atomic E-state index is -0.751. The van der Waals surface area contributed by atoms with E-state index in [1.807, 2.05) is 60.7 Å². The third-order valence-electron chi connectivity index (χ3n) is 6.35. The number of thioether (sulfide) groups is 1. The maximum Gasteiger partial charge on any atom is 0.257 e. The van der Waals surface area contributed by atoms with Gasteiger partial charge in [0.25, 0.3) is 5.91 Å². The van der Waals surface area contributed by atoms with E-state index in [1.54, 1.807) is 41.3 Å². The lowest BCUT2D eigenvalue weighted by atomic mass is 9.98. The Hall–Kier alpha value is -3.61. The van der Waals surface area contributed by atoms with Crippen molar-refractivity contribution in [3.63, 3.8) is 0 Å². The molecule has 2 unspecified atom stereocenters. The van der Waals surface area contributed by atoms with Gasteiger partial charge in [-0.1, -0.05) is 96.5 Å². The molecule has 1 heterocycles. The maximum absolute atomic E-state index is 13.9. The SMILES string of the molecule is O=C(NC(c1ccccc1)c1ccccc1)C1CSC(c2ccc(F)cc2)N1C(=O)c1ccccc1Cl. The number of carbonyl (C=O) groups is 2. The average Bonchev–Trinajstić information content (AvgIpc) is 3.38. The van der Waals surface area contributed by atoms with E-state index in [0.717, 1.165) is 16.7 Å². The summed E-state index contributed by atoms with van der Waals surface area (Å²) in [7, 11) is 0. The Balaban J connectivity index is 1.50. The van der Waals surface area contributed by atoms with Crippen LogP contribution in [0, 0.1) is 5.82 Å². The number of hydrogen-bond acceptors (Lipinski definition) is 3. The molecule has 2 atom stereocenters. The van der Waals surface area contributed by atoms with Crippen molar-refractivity contribution < 1.29 is 14.0 Å². The summed E-state index contributed by atoms with van der Waals surface area (Å²) in [6.07, 6.45) is 0. The summed E-state index contributed by atoms with van der Waals surface area (Å²) in [5, 5.41) is 3.03. The van der Waals surface area contributed by atoms with Gasteiger partial charge < -0.3 is 10.2 Å². The van der Waals surface area contributed by atoms with E-state index in [-0.39, 0.29) is 23.7 Å².